The van der Waals surface area contributed by atoms with Crippen molar-refractivity contribution in [3.05, 3.63) is 35.6 Å². The van der Waals surface area contributed by atoms with Crippen molar-refractivity contribution < 1.29 is 4.39 Å². The Labute approximate surface area is 115 Å². The quantitative estimate of drug-likeness (QED) is 0.858. The van der Waals surface area contributed by atoms with Crippen LogP contribution in [0.4, 0.5) is 4.39 Å². The Morgan fingerprint density at radius 1 is 1.37 bits per heavy atom. The number of benzene rings is 1. The van der Waals surface area contributed by atoms with Crippen molar-refractivity contribution in [3.63, 3.8) is 0 Å². The number of rotatable bonds is 5. The zero-order valence-corrected chi connectivity index (χ0v) is 12.0. The molecular weight excluding hydrogens is 239 g/mol. The molecule has 0 bridgehead atoms. The lowest BCUT2D eigenvalue weighted by Gasteiger charge is -2.33. The van der Waals surface area contributed by atoms with Crippen molar-refractivity contribution >= 4 is 0 Å². The summed E-state index contributed by atoms with van der Waals surface area (Å²) in [7, 11) is 0. The van der Waals surface area contributed by atoms with E-state index in [1.165, 1.54) is 25.3 Å². The van der Waals surface area contributed by atoms with Gasteiger partial charge in [-0.25, -0.2) is 4.39 Å². The highest BCUT2D eigenvalue weighted by Gasteiger charge is 2.30. The van der Waals surface area contributed by atoms with Crippen LogP contribution in [0.15, 0.2) is 24.3 Å². The molecule has 0 spiro atoms. The lowest BCUT2D eigenvalue weighted by Crippen LogP contribution is -2.54. The summed E-state index contributed by atoms with van der Waals surface area (Å²) in [5.41, 5.74) is 6.45. The molecule has 106 valence electrons. The maximum absolute atomic E-state index is 13.8. The fraction of sp³-hybridized carbons (Fsp3) is 0.625. The first-order chi connectivity index (χ1) is 9.02. The summed E-state index contributed by atoms with van der Waals surface area (Å²) >= 11 is 0. The monoisotopic (exact) mass is 264 g/mol. The summed E-state index contributed by atoms with van der Waals surface area (Å²) in [6, 6.07) is 7.50. The van der Waals surface area contributed by atoms with E-state index in [0.29, 0.717) is 19.0 Å². The lowest BCUT2D eigenvalue weighted by atomic mass is 9.91. The minimum Gasteiger partial charge on any atom is -0.329 e. The van der Waals surface area contributed by atoms with E-state index in [-0.39, 0.29) is 11.4 Å². The molecule has 0 aliphatic heterocycles. The van der Waals surface area contributed by atoms with E-state index in [1.807, 2.05) is 12.1 Å². The first-order valence-electron chi connectivity index (χ1n) is 7.23. The summed E-state index contributed by atoms with van der Waals surface area (Å²) in [5, 5.41) is 3.66. The summed E-state index contributed by atoms with van der Waals surface area (Å²) in [4.78, 5) is 0. The van der Waals surface area contributed by atoms with Crippen LogP contribution in [-0.2, 0) is 6.42 Å². The SMILES string of the molecule is CC1CCC(NC(C)(CN)Cc2ccccc2F)C1. The number of hydrogen-bond acceptors (Lipinski definition) is 2. The van der Waals surface area contributed by atoms with Gasteiger partial charge in [0.1, 0.15) is 5.82 Å². The lowest BCUT2D eigenvalue weighted by molar-refractivity contribution is 0.307. The molecule has 3 N–H and O–H groups in total. The zero-order valence-electron chi connectivity index (χ0n) is 12.0. The van der Waals surface area contributed by atoms with E-state index in [0.717, 1.165) is 11.5 Å². The largest absolute Gasteiger partial charge is 0.329 e. The van der Waals surface area contributed by atoms with Gasteiger partial charge in [0.2, 0.25) is 0 Å². The zero-order chi connectivity index (χ0) is 13.9. The van der Waals surface area contributed by atoms with E-state index in [2.05, 4.69) is 19.2 Å². The molecule has 3 heteroatoms. The van der Waals surface area contributed by atoms with Gasteiger partial charge in [0, 0.05) is 18.1 Å². The minimum absolute atomic E-state index is 0.135. The van der Waals surface area contributed by atoms with Crippen LogP contribution in [0.5, 0.6) is 0 Å². The highest BCUT2D eigenvalue weighted by atomic mass is 19.1. The van der Waals surface area contributed by atoms with Crippen LogP contribution in [0.25, 0.3) is 0 Å². The molecule has 0 saturated heterocycles. The first-order valence-corrected chi connectivity index (χ1v) is 7.23. The molecular formula is C16H25FN2. The summed E-state index contributed by atoms with van der Waals surface area (Å²) in [6.45, 7) is 4.91. The molecule has 1 aromatic rings. The van der Waals surface area contributed by atoms with E-state index in [1.54, 1.807) is 6.07 Å². The highest BCUT2D eigenvalue weighted by molar-refractivity contribution is 5.20. The van der Waals surface area contributed by atoms with Gasteiger partial charge in [-0.05, 0) is 50.2 Å². The number of nitrogens with two attached hydrogens (primary N) is 1. The molecule has 1 fully saturated rings. The summed E-state index contributed by atoms with van der Waals surface area (Å²) in [5.74, 6) is 0.650. The molecule has 0 heterocycles. The predicted molar refractivity (Wildman–Crippen MR) is 77.5 cm³/mol. The fourth-order valence-electron chi connectivity index (χ4n) is 3.08. The molecule has 19 heavy (non-hydrogen) atoms. The van der Waals surface area contributed by atoms with Crippen molar-refractivity contribution in [3.8, 4) is 0 Å². The Kier molecular flexibility index (Phi) is 4.58. The third kappa shape index (κ3) is 3.77. The van der Waals surface area contributed by atoms with Gasteiger partial charge in [-0.1, -0.05) is 25.1 Å². The van der Waals surface area contributed by atoms with Gasteiger partial charge in [-0.15, -0.1) is 0 Å². The minimum atomic E-state index is -0.225. The number of nitrogens with one attached hydrogen (secondary N) is 1. The Balaban J connectivity index is 2.03. The molecule has 1 aromatic carbocycles. The Morgan fingerprint density at radius 2 is 2.11 bits per heavy atom. The molecule has 0 aromatic heterocycles. The average Bonchev–Trinajstić information content (AvgIpc) is 2.77. The van der Waals surface area contributed by atoms with Gasteiger partial charge in [-0.3, -0.25) is 0 Å². The van der Waals surface area contributed by atoms with Crippen LogP contribution in [0, 0.1) is 11.7 Å². The van der Waals surface area contributed by atoms with Crippen LogP contribution < -0.4 is 11.1 Å². The molecule has 1 aliphatic rings. The molecule has 2 rings (SSSR count). The topological polar surface area (TPSA) is 38.0 Å². The molecule has 3 unspecified atom stereocenters. The van der Waals surface area contributed by atoms with Crippen molar-refractivity contribution in [2.24, 2.45) is 11.7 Å². The van der Waals surface area contributed by atoms with Crippen LogP contribution in [0.3, 0.4) is 0 Å². The van der Waals surface area contributed by atoms with Gasteiger partial charge in [0.05, 0.1) is 0 Å². The van der Waals surface area contributed by atoms with Gasteiger partial charge < -0.3 is 11.1 Å². The van der Waals surface area contributed by atoms with E-state index in [4.69, 9.17) is 5.73 Å². The van der Waals surface area contributed by atoms with E-state index >= 15 is 0 Å². The summed E-state index contributed by atoms with van der Waals surface area (Å²) < 4.78 is 13.8. The standard InChI is InChI=1S/C16H25FN2/c1-12-7-8-14(9-12)19-16(2,11-18)10-13-5-3-4-6-15(13)17/h3-6,12,14,19H,7-11,18H2,1-2H3. The molecule has 0 radical (unpaired) electrons. The fourth-order valence-corrected chi connectivity index (χ4v) is 3.08. The van der Waals surface area contributed by atoms with Crippen LogP contribution in [0.1, 0.15) is 38.7 Å². The third-order valence-corrected chi connectivity index (χ3v) is 4.24. The molecule has 2 nitrogen and oxygen atoms in total. The van der Waals surface area contributed by atoms with Crippen LogP contribution in [0.2, 0.25) is 0 Å². The Morgan fingerprint density at radius 3 is 2.68 bits per heavy atom. The predicted octanol–water partition coefficient (Wildman–Crippen LogP) is 2.86. The molecule has 0 amide bonds. The third-order valence-electron chi connectivity index (χ3n) is 4.24. The Hall–Kier alpha value is -0.930. The number of hydrogen-bond donors (Lipinski definition) is 2. The van der Waals surface area contributed by atoms with Gasteiger partial charge >= 0.3 is 0 Å². The van der Waals surface area contributed by atoms with Crippen molar-refractivity contribution in [1.82, 2.24) is 5.32 Å². The second-order valence-corrected chi connectivity index (χ2v) is 6.29. The van der Waals surface area contributed by atoms with E-state index < -0.39 is 0 Å². The van der Waals surface area contributed by atoms with Crippen molar-refractivity contribution in [2.75, 3.05) is 6.54 Å². The van der Waals surface area contributed by atoms with Crippen LogP contribution in [-0.4, -0.2) is 18.1 Å². The van der Waals surface area contributed by atoms with Crippen LogP contribution >= 0.6 is 0 Å². The van der Waals surface area contributed by atoms with Crippen molar-refractivity contribution in [1.29, 1.82) is 0 Å². The average molecular weight is 264 g/mol. The maximum atomic E-state index is 13.8. The Bertz CT molecular complexity index is 421. The molecule has 1 saturated carbocycles. The summed E-state index contributed by atoms with van der Waals surface area (Å²) in [6.07, 6.45) is 4.32. The molecule has 3 atom stereocenters. The molecule has 1 aliphatic carbocycles. The van der Waals surface area contributed by atoms with Gasteiger partial charge in [0.15, 0.2) is 0 Å². The van der Waals surface area contributed by atoms with Crippen molar-refractivity contribution in [2.45, 2.75) is 51.1 Å². The highest BCUT2D eigenvalue weighted by Crippen LogP contribution is 2.27. The number of halogens is 1. The first kappa shape index (κ1) is 14.5. The second kappa shape index (κ2) is 6.02. The normalized spacial score (nSPS) is 26.3. The van der Waals surface area contributed by atoms with Gasteiger partial charge in [0.25, 0.3) is 0 Å². The van der Waals surface area contributed by atoms with E-state index in [9.17, 15) is 4.39 Å². The van der Waals surface area contributed by atoms with Gasteiger partial charge in [-0.2, -0.15) is 0 Å². The second-order valence-electron chi connectivity index (χ2n) is 6.29. The maximum Gasteiger partial charge on any atom is 0.126 e. The smallest absolute Gasteiger partial charge is 0.126 e.